The summed E-state index contributed by atoms with van der Waals surface area (Å²) in [5.41, 5.74) is 1.09. The van der Waals surface area contributed by atoms with E-state index in [1.54, 1.807) is 7.11 Å². The van der Waals surface area contributed by atoms with E-state index < -0.39 is 0 Å². The average molecular weight is 267 g/mol. The standard InChI is InChI=1S/C14H21NO2S/c1-17-13-4-2-3-11(9-13)14(10-16)15-12-5-7-18-8-6-12/h2-4,9,12,14-16H,5-8,10H2,1H3. The van der Waals surface area contributed by atoms with E-state index >= 15 is 0 Å². The van der Waals surface area contributed by atoms with E-state index in [-0.39, 0.29) is 12.6 Å². The molecule has 0 amide bonds. The SMILES string of the molecule is COc1cccc(C(CO)NC2CCSCC2)c1. The van der Waals surface area contributed by atoms with Crippen molar-refractivity contribution >= 4 is 11.8 Å². The predicted octanol–water partition coefficient (Wildman–Crippen LogP) is 2.21. The van der Waals surface area contributed by atoms with E-state index in [0.717, 1.165) is 11.3 Å². The summed E-state index contributed by atoms with van der Waals surface area (Å²) < 4.78 is 5.23. The van der Waals surface area contributed by atoms with Crippen molar-refractivity contribution < 1.29 is 9.84 Å². The normalized spacial score (nSPS) is 18.6. The van der Waals surface area contributed by atoms with Crippen molar-refractivity contribution in [1.82, 2.24) is 5.32 Å². The zero-order valence-electron chi connectivity index (χ0n) is 10.8. The molecule has 1 aromatic rings. The minimum atomic E-state index is 0.00759. The van der Waals surface area contributed by atoms with Crippen LogP contribution in [0.2, 0.25) is 0 Å². The highest BCUT2D eigenvalue weighted by Crippen LogP contribution is 2.23. The Hall–Kier alpha value is -0.710. The van der Waals surface area contributed by atoms with E-state index in [2.05, 4.69) is 5.32 Å². The second kappa shape index (κ2) is 7.02. The molecule has 3 nitrogen and oxygen atoms in total. The molecule has 1 aliphatic rings. The first-order valence-corrected chi connectivity index (χ1v) is 7.57. The number of nitrogens with one attached hydrogen (secondary N) is 1. The van der Waals surface area contributed by atoms with Gasteiger partial charge in [0.25, 0.3) is 0 Å². The van der Waals surface area contributed by atoms with Crippen LogP contribution in [0.4, 0.5) is 0 Å². The lowest BCUT2D eigenvalue weighted by molar-refractivity contribution is 0.229. The van der Waals surface area contributed by atoms with Crippen LogP contribution < -0.4 is 10.1 Å². The fourth-order valence-corrected chi connectivity index (χ4v) is 3.37. The van der Waals surface area contributed by atoms with Crippen LogP contribution in [0.3, 0.4) is 0 Å². The van der Waals surface area contributed by atoms with Crippen LogP contribution in [0.25, 0.3) is 0 Å². The molecule has 18 heavy (non-hydrogen) atoms. The van der Waals surface area contributed by atoms with Gasteiger partial charge in [0.15, 0.2) is 0 Å². The molecule has 1 heterocycles. The number of methoxy groups -OCH3 is 1. The largest absolute Gasteiger partial charge is 0.497 e. The number of ether oxygens (including phenoxy) is 1. The van der Waals surface area contributed by atoms with Crippen molar-refractivity contribution in [3.8, 4) is 5.75 Å². The zero-order chi connectivity index (χ0) is 12.8. The number of hydrogen-bond donors (Lipinski definition) is 2. The van der Waals surface area contributed by atoms with Crippen LogP contribution in [0, 0.1) is 0 Å². The maximum atomic E-state index is 9.57. The van der Waals surface area contributed by atoms with E-state index in [0.29, 0.717) is 6.04 Å². The second-order valence-corrected chi connectivity index (χ2v) is 5.79. The Morgan fingerprint density at radius 2 is 2.22 bits per heavy atom. The minimum absolute atomic E-state index is 0.00759. The van der Waals surface area contributed by atoms with Gasteiger partial charge in [0.05, 0.1) is 19.8 Å². The lowest BCUT2D eigenvalue weighted by atomic mass is 10.0. The Kier molecular flexibility index (Phi) is 5.35. The number of thioether (sulfide) groups is 1. The van der Waals surface area contributed by atoms with E-state index in [9.17, 15) is 5.11 Å². The Balaban J connectivity index is 2.02. The van der Waals surface area contributed by atoms with Crippen LogP contribution in [0.5, 0.6) is 5.75 Å². The van der Waals surface area contributed by atoms with Gasteiger partial charge in [0.1, 0.15) is 5.75 Å². The van der Waals surface area contributed by atoms with Gasteiger partial charge >= 0.3 is 0 Å². The van der Waals surface area contributed by atoms with Crippen molar-refractivity contribution in [2.24, 2.45) is 0 Å². The molecule has 0 spiro atoms. The van der Waals surface area contributed by atoms with Gasteiger partial charge in [-0.3, -0.25) is 0 Å². The van der Waals surface area contributed by atoms with Crippen molar-refractivity contribution in [1.29, 1.82) is 0 Å². The molecule has 2 rings (SSSR count). The van der Waals surface area contributed by atoms with Gasteiger partial charge in [-0.2, -0.15) is 11.8 Å². The van der Waals surface area contributed by atoms with Gasteiger partial charge in [0.2, 0.25) is 0 Å². The lowest BCUT2D eigenvalue weighted by Crippen LogP contribution is -2.37. The molecule has 1 fully saturated rings. The summed E-state index contributed by atoms with van der Waals surface area (Å²) in [6.45, 7) is 0.122. The molecular weight excluding hydrogens is 246 g/mol. The van der Waals surface area contributed by atoms with Gasteiger partial charge < -0.3 is 15.2 Å². The Bertz CT molecular complexity index is 367. The smallest absolute Gasteiger partial charge is 0.119 e. The monoisotopic (exact) mass is 267 g/mol. The van der Waals surface area contributed by atoms with Gasteiger partial charge in [0, 0.05) is 6.04 Å². The molecule has 1 aliphatic heterocycles. The summed E-state index contributed by atoms with van der Waals surface area (Å²) in [5.74, 6) is 3.27. The molecule has 0 aliphatic carbocycles. The number of aliphatic hydroxyl groups excluding tert-OH is 1. The van der Waals surface area contributed by atoms with Crippen molar-refractivity contribution in [3.05, 3.63) is 29.8 Å². The predicted molar refractivity (Wildman–Crippen MR) is 76.3 cm³/mol. The molecule has 0 radical (unpaired) electrons. The summed E-state index contributed by atoms with van der Waals surface area (Å²) in [6.07, 6.45) is 2.37. The molecule has 4 heteroatoms. The van der Waals surface area contributed by atoms with Crippen LogP contribution in [0.1, 0.15) is 24.4 Å². The highest BCUT2D eigenvalue weighted by molar-refractivity contribution is 7.99. The molecule has 1 unspecified atom stereocenters. The number of hydrogen-bond acceptors (Lipinski definition) is 4. The van der Waals surface area contributed by atoms with Gasteiger partial charge in [-0.25, -0.2) is 0 Å². The average Bonchev–Trinajstić information content (AvgIpc) is 2.46. The maximum absolute atomic E-state index is 9.57. The number of benzene rings is 1. The molecule has 1 atom stereocenters. The molecule has 2 N–H and O–H groups in total. The van der Waals surface area contributed by atoms with Gasteiger partial charge in [-0.1, -0.05) is 12.1 Å². The minimum Gasteiger partial charge on any atom is -0.497 e. The zero-order valence-corrected chi connectivity index (χ0v) is 11.6. The van der Waals surface area contributed by atoms with Gasteiger partial charge in [-0.05, 0) is 42.0 Å². The molecule has 1 aromatic carbocycles. The Morgan fingerprint density at radius 3 is 2.89 bits per heavy atom. The van der Waals surface area contributed by atoms with Gasteiger partial charge in [-0.15, -0.1) is 0 Å². The third-order valence-electron chi connectivity index (χ3n) is 3.34. The van der Waals surface area contributed by atoms with Crippen molar-refractivity contribution in [2.75, 3.05) is 25.2 Å². The third kappa shape index (κ3) is 3.64. The summed E-state index contributed by atoms with van der Waals surface area (Å²) in [6, 6.07) is 8.45. The summed E-state index contributed by atoms with van der Waals surface area (Å²) in [4.78, 5) is 0. The van der Waals surface area contributed by atoms with Crippen molar-refractivity contribution in [2.45, 2.75) is 24.9 Å². The van der Waals surface area contributed by atoms with Crippen molar-refractivity contribution in [3.63, 3.8) is 0 Å². The summed E-state index contributed by atoms with van der Waals surface area (Å²) >= 11 is 2.01. The maximum Gasteiger partial charge on any atom is 0.119 e. The molecule has 0 saturated carbocycles. The molecular formula is C14H21NO2S. The summed E-state index contributed by atoms with van der Waals surface area (Å²) in [7, 11) is 1.67. The fourth-order valence-electron chi connectivity index (χ4n) is 2.26. The highest BCUT2D eigenvalue weighted by Gasteiger charge is 2.19. The summed E-state index contributed by atoms with van der Waals surface area (Å²) in [5, 5.41) is 13.1. The molecule has 100 valence electrons. The molecule has 0 bridgehead atoms. The van der Waals surface area contributed by atoms with E-state index in [4.69, 9.17) is 4.74 Å². The van der Waals surface area contributed by atoms with Crippen LogP contribution >= 0.6 is 11.8 Å². The number of rotatable bonds is 5. The van der Waals surface area contributed by atoms with Crippen LogP contribution in [0.15, 0.2) is 24.3 Å². The van der Waals surface area contributed by atoms with E-state index in [1.807, 2.05) is 36.0 Å². The first-order chi connectivity index (χ1) is 8.83. The second-order valence-electron chi connectivity index (χ2n) is 4.57. The first-order valence-electron chi connectivity index (χ1n) is 6.42. The van der Waals surface area contributed by atoms with Crippen LogP contribution in [-0.4, -0.2) is 36.4 Å². The third-order valence-corrected chi connectivity index (χ3v) is 4.39. The van der Waals surface area contributed by atoms with E-state index in [1.165, 1.54) is 24.3 Å². The molecule has 0 aromatic heterocycles. The highest BCUT2D eigenvalue weighted by atomic mass is 32.2. The topological polar surface area (TPSA) is 41.5 Å². The van der Waals surface area contributed by atoms with Crippen LogP contribution in [-0.2, 0) is 0 Å². The Morgan fingerprint density at radius 1 is 1.44 bits per heavy atom. The lowest BCUT2D eigenvalue weighted by Gasteiger charge is -2.27. The molecule has 1 saturated heterocycles. The first kappa shape index (κ1) is 13.7. The quantitative estimate of drug-likeness (QED) is 0.858. The fraction of sp³-hybridized carbons (Fsp3) is 0.571. The Labute approximate surface area is 113 Å². The number of aliphatic hydroxyl groups is 1.